The molecule has 0 amide bonds. The summed E-state index contributed by atoms with van der Waals surface area (Å²) in [7, 11) is 1.82. The van der Waals surface area contributed by atoms with Crippen LogP contribution in [0.4, 0.5) is 0 Å². The zero-order chi connectivity index (χ0) is 21.5. The number of oxazole rings is 1. The number of aromatic nitrogens is 1. The number of aliphatic imine (C=N–C) groups is 1. The third kappa shape index (κ3) is 5.97. The van der Waals surface area contributed by atoms with E-state index in [9.17, 15) is 4.79 Å². The van der Waals surface area contributed by atoms with Gasteiger partial charge in [0.05, 0.1) is 24.8 Å². The molecule has 0 spiro atoms. The van der Waals surface area contributed by atoms with Gasteiger partial charge in [-0.2, -0.15) is 0 Å². The van der Waals surface area contributed by atoms with E-state index in [2.05, 4.69) is 25.1 Å². The molecule has 0 saturated carbocycles. The van der Waals surface area contributed by atoms with E-state index >= 15 is 0 Å². The zero-order valence-electron chi connectivity index (χ0n) is 18.9. The average Bonchev–Trinajstić information content (AvgIpc) is 3.07. The molecule has 8 nitrogen and oxygen atoms in total. The average molecular weight is 420 g/mol. The molecule has 1 N–H and O–H groups in total. The van der Waals surface area contributed by atoms with Gasteiger partial charge in [-0.1, -0.05) is 0 Å². The molecular formula is C22H37N5O3. The Morgan fingerprint density at radius 3 is 2.67 bits per heavy atom. The highest BCUT2D eigenvalue weighted by Crippen LogP contribution is 2.21. The first kappa shape index (κ1) is 22.6. The minimum absolute atomic E-state index is 0.0528. The van der Waals surface area contributed by atoms with E-state index in [1.165, 1.54) is 0 Å². The SMILES string of the molecule is CCOC(=O)C1CCCN(C(=NC)NCC2CCN(Cc3nc(C)c(C)o3)CC2)C1. The number of aryl methyl sites for hydroxylation is 2. The first-order valence-electron chi connectivity index (χ1n) is 11.3. The number of hydrogen-bond donors (Lipinski definition) is 1. The minimum atomic E-state index is -0.0820. The van der Waals surface area contributed by atoms with Crippen LogP contribution in [-0.2, 0) is 16.1 Å². The van der Waals surface area contributed by atoms with Crippen molar-refractivity contribution in [1.29, 1.82) is 0 Å². The molecule has 2 saturated heterocycles. The number of hydrogen-bond acceptors (Lipinski definition) is 6. The van der Waals surface area contributed by atoms with Crippen molar-refractivity contribution in [3.8, 4) is 0 Å². The monoisotopic (exact) mass is 419 g/mol. The topological polar surface area (TPSA) is 83.2 Å². The Balaban J connectivity index is 1.42. The lowest BCUT2D eigenvalue weighted by atomic mass is 9.96. The van der Waals surface area contributed by atoms with Gasteiger partial charge in [0.1, 0.15) is 5.76 Å². The van der Waals surface area contributed by atoms with Gasteiger partial charge in [0.2, 0.25) is 5.89 Å². The van der Waals surface area contributed by atoms with Gasteiger partial charge in [-0.05, 0) is 65.5 Å². The molecule has 8 heteroatoms. The van der Waals surface area contributed by atoms with Gasteiger partial charge < -0.3 is 19.4 Å². The standard InChI is InChI=1S/C22H37N5O3/c1-5-29-21(28)19-7-6-10-27(14-19)22(23-4)24-13-18-8-11-26(12-9-18)15-20-25-16(2)17(3)30-20/h18-19H,5-15H2,1-4H3,(H,23,24). The molecule has 3 heterocycles. The van der Waals surface area contributed by atoms with E-state index in [0.717, 1.165) is 81.7 Å². The summed E-state index contributed by atoms with van der Waals surface area (Å²) in [5.74, 6) is 3.12. The van der Waals surface area contributed by atoms with Crippen LogP contribution < -0.4 is 5.32 Å². The Labute approximate surface area is 180 Å². The fraction of sp³-hybridized carbons (Fsp3) is 0.773. The number of ether oxygens (including phenoxy) is 1. The number of likely N-dealkylation sites (tertiary alicyclic amines) is 2. The first-order valence-corrected chi connectivity index (χ1v) is 11.3. The Morgan fingerprint density at radius 1 is 1.27 bits per heavy atom. The molecule has 1 unspecified atom stereocenters. The molecule has 168 valence electrons. The Hall–Kier alpha value is -2.09. The Morgan fingerprint density at radius 2 is 2.03 bits per heavy atom. The van der Waals surface area contributed by atoms with Crippen molar-refractivity contribution < 1.29 is 13.9 Å². The van der Waals surface area contributed by atoms with Crippen molar-refractivity contribution in [3.05, 3.63) is 17.3 Å². The van der Waals surface area contributed by atoms with E-state index in [1.54, 1.807) is 0 Å². The second kappa shape index (κ2) is 10.8. The molecule has 1 aromatic rings. The zero-order valence-corrected chi connectivity index (χ0v) is 18.9. The highest BCUT2D eigenvalue weighted by molar-refractivity contribution is 5.81. The lowest BCUT2D eigenvalue weighted by Gasteiger charge is -2.35. The molecule has 2 fully saturated rings. The van der Waals surface area contributed by atoms with Crippen molar-refractivity contribution in [1.82, 2.24) is 20.1 Å². The van der Waals surface area contributed by atoms with E-state index < -0.39 is 0 Å². The molecule has 0 aliphatic carbocycles. The summed E-state index contributed by atoms with van der Waals surface area (Å²) >= 11 is 0. The highest BCUT2D eigenvalue weighted by atomic mass is 16.5. The summed E-state index contributed by atoms with van der Waals surface area (Å²) in [4.78, 5) is 25.7. The summed E-state index contributed by atoms with van der Waals surface area (Å²) in [6.45, 7) is 11.7. The van der Waals surface area contributed by atoms with Gasteiger partial charge in [0, 0.05) is 26.7 Å². The second-order valence-electron chi connectivity index (χ2n) is 8.43. The van der Waals surface area contributed by atoms with Crippen molar-refractivity contribution in [2.24, 2.45) is 16.8 Å². The summed E-state index contributed by atoms with van der Waals surface area (Å²) in [6.07, 6.45) is 4.18. The van der Waals surface area contributed by atoms with E-state index in [1.807, 2.05) is 27.8 Å². The van der Waals surface area contributed by atoms with Crippen LogP contribution in [0.1, 0.15) is 50.0 Å². The van der Waals surface area contributed by atoms with Crippen LogP contribution in [0.25, 0.3) is 0 Å². The second-order valence-corrected chi connectivity index (χ2v) is 8.43. The Kier molecular flexibility index (Phi) is 8.13. The molecule has 0 radical (unpaired) electrons. The normalized spacial score (nSPS) is 21.7. The fourth-order valence-electron chi connectivity index (χ4n) is 4.34. The largest absolute Gasteiger partial charge is 0.466 e. The number of nitrogens with zero attached hydrogens (tertiary/aromatic N) is 4. The molecule has 3 rings (SSSR count). The summed E-state index contributed by atoms with van der Waals surface area (Å²) in [5.41, 5.74) is 0.985. The van der Waals surface area contributed by atoms with Gasteiger partial charge in [-0.3, -0.25) is 14.7 Å². The number of piperidine rings is 2. The molecule has 0 aromatic carbocycles. The minimum Gasteiger partial charge on any atom is -0.466 e. The smallest absolute Gasteiger partial charge is 0.310 e. The number of carbonyl (C=O) groups is 1. The van der Waals surface area contributed by atoms with Gasteiger partial charge in [0.25, 0.3) is 0 Å². The summed E-state index contributed by atoms with van der Waals surface area (Å²) < 4.78 is 10.9. The van der Waals surface area contributed by atoms with Crippen molar-refractivity contribution in [2.45, 2.75) is 53.0 Å². The van der Waals surface area contributed by atoms with Crippen LogP contribution in [0, 0.1) is 25.7 Å². The summed E-state index contributed by atoms with van der Waals surface area (Å²) in [6, 6.07) is 0. The van der Waals surface area contributed by atoms with Crippen LogP contribution in [0.2, 0.25) is 0 Å². The van der Waals surface area contributed by atoms with E-state index in [-0.39, 0.29) is 11.9 Å². The lowest BCUT2D eigenvalue weighted by molar-refractivity contribution is -0.149. The van der Waals surface area contributed by atoms with Crippen molar-refractivity contribution >= 4 is 11.9 Å². The van der Waals surface area contributed by atoms with E-state index in [0.29, 0.717) is 19.1 Å². The van der Waals surface area contributed by atoms with Gasteiger partial charge in [0.15, 0.2) is 5.96 Å². The highest BCUT2D eigenvalue weighted by Gasteiger charge is 2.29. The molecule has 1 aromatic heterocycles. The van der Waals surface area contributed by atoms with Crippen LogP contribution >= 0.6 is 0 Å². The van der Waals surface area contributed by atoms with Crippen LogP contribution in [0.15, 0.2) is 9.41 Å². The van der Waals surface area contributed by atoms with Crippen LogP contribution in [-0.4, -0.2) is 73.1 Å². The number of rotatable bonds is 6. The van der Waals surface area contributed by atoms with Crippen LogP contribution in [0.3, 0.4) is 0 Å². The van der Waals surface area contributed by atoms with Crippen molar-refractivity contribution in [3.63, 3.8) is 0 Å². The molecule has 0 bridgehead atoms. The van der Waals surface area contributed by atoms with E-state index in [4.69, 9.17) is 9.15 Å². The van der Waals surface area contributed by atoms with Gasteiger partial charge >= 0.3 is 5.97 Å². The van der Waals surface area contributed by atoms with Crippen molar-refractivity contribution in [2.75, 3.05) is 46.4 Å². The Bertz CT molecular complexity index is 705. The number of guanidine groups is 1. The van der Waals surface area contributed by atoms with Crippen LogP contribution in [0.5, 0.6) is 0 Å². The number of carbonyl (C=O) groups excluding carboxylic acids is 1. The first-order chi connectivity index (χ1) is 14.5. The predicted octanol–water partition coefficient (Wildman–Crippen LogP) is 2.35. The molecule has 1 atom stereocenters. The predicted molar refractivity (Wildman–Crippen MR) is 116 cm³/mol. The maximum absolute atomic E-state index is 12.1. The maximum Gasteiger partial charge on any atom is 0.310 e. The third-order valence-electron chi connectivity index (χ3n) is 6.24. The van der Waals surface area contributed by atoms with Gasteiger partial charge in [-0.25, -0.2) is 4.98 Å². The molecule has 2 aliphatic rings. The van der Waals surface area contributed by atoms with Gasteiger partial charge in [-0.15, -0.1) is 0 Å². The molecular weight excluding hydrogens is 382 g/mol. The number of esters is 1. The third-order valence-corrected chi connectivity index (χ3v) is 6.24. The molecule has 2 aliphatic heterocycles. The fourth-order valence-corrected chi connectivity index (χ4v) is 4.34. The quantitative estimate of drug-likeness (QED) is 0.430. The molecule has 30 heavy (non-hydrogen) atoms. The summed E-state index contributed by atoms with van der Waals surface area (Å²) in [5, 5.41) is 3.55. The maximum atomic E-state index is 12.1. The lowest BCUT2D eigenvalue weighted by Crippen LogP contribution is -2.49. The number of nitrogens with one attached hydrogen (secondary N) is 1.